The molecular formula is C16H22Cl2N2O3S. The molecule has 0 aromatic heterocycles. The monoisotopic (exact) mass is 392 g/mol. The van der Waals surface area contributed by atoms with Crippen LogP contribution in [0, 0.1) is 0 Å². The Morgan fingerprint density at radius 2 is 1.79 bits per heavy atom. The molecule has 1 aromatic rings. The van der Waals surface area contributed by atoms with Gasteiger partial charge in [0.05, 0.1) is 10.0 Å². The first-order valence-corrected chi connectivity index (χ1v) is 10.3. The van der Waals surface area contributed by atoms with Crippen LogP contribution in [0.2, 0.25) is 10.0 Å². The summed E-state index contributed by atoms with van der Waals surface area (Å²) in [5, 5.41) is 0.250. The molecule has 1 aromatic carbocycles. The number of piperazine rings is 1. The molecule has 0 unspecified atom stereocenters. The third kappa shape index (κ3) is 4.42. The van der Waals surface area contributed by atoms with E-state index in [1.54, 1.807) is 17.0 Å². The van der Waals surface area contributed by atoms with Crippen LogP contribution in [0.1, 0.15) is 32.6 Å². The van der Waals surface area contributed by atoms with Gasteiger partial charge in [-0.2, -0.15) is 4.31 Å². The summed E-state index contributed by atoms with van der Waals surface area (Å²) in [5.41, 5.74) is 0. The number of carbonyl (C=O) groups is 1. The van der Waals surface area contributed by atoms with Gasteiger partial charge in [0.15, 0.2) is 0 Å². The van der Waals surface area contributed by atoms with Gasteiger partial charge in [0, 0.05) is 32.6 Å². The van der Waals surface area contributed by atoms with Gasteiger partial charge in [0.25, 0.3) is 0 Å². The number of sulfonamides is 1. The van der Waals surface area contributed by atoms with Gasteiger partial charge in [0.2, 0.25) is 15.9 Å². The lowest BCUT2D eigenvalue weighted by Gasteiger charge is -2.34. The Bertz CT molecular complexity index is 687. The van der Waals surface area contributed by atoms with Crippen molar-refractivity contribution in [3.63, 3.8) is 0 Å². The molecule has 1 aliphatic rings. The second kappa shape index (κ2) is 8.52. The number of amides is 1. The molecule has 0 bridgehead atoms. The van der Waals surface area contributed by atoms with E-state index in [0.717, 1.165) is 19.3 Å². The SMILES string of the molecule is CCCCCC(=O)N1CCN(S(=O)(=O)c2cccc(Cl)c2Cl)CC1. The maximum absolute atomic E-state index is 12.7. The number of halogens is 2. The molecule has 1 heterocycles. The predicted octanol–water partition coefficient (Wildman–Crippen LogP) is 3.41. The lowest BCUT2D eigenvalue weighted by Crippen LogP contribution is -2.50. The van der Waals surface area contributed by atoms with Gasteiger partial charge in [-0.25, -0.2) is 8.42 Å². The van der Waals surface area contributed by atoms with Crippen LogP contribution in [0.25, 0.3) is 0 Å². The number of hydrogen-bond acceptors (Lipinski definition) is 3. The molecule has 134 valence electrons. The summed E-state index contributed by atoms with van der Waals surface area (Å²) in [5.74, 6) is 0.0984. The van der Waals surface area contributed by atoms with Crippen LogP contribution in [0.3, 0.4) is 0 Å². The molecule has 0 N–H and O–H groups in total. The van der Waals surface area contributed by atoms with E-state index < -0.39 is 10.0 Å². The largest absolute Gasteiger partial charge is 0.340 e. The van der Waals surface area contributed by atoms with E-state index in [4.69, 9.17) is 23.2 Å². The normalized spacial score (nSPS) is 16.4. The first kappa shape index (κ1) is 19.5. The minimum absolute atomic E-state index is 0.0133. The Morgan fingerprint density at radius 3 is 2.42 bits per heavy atom. The average Bonchev–Trinajstić information content (AvgIpc) is 2.57. The van der Waals surface area contributed by atoms with Gasteiger partial charge in [-0.05, 0) is 18.6 Å². The Kier molecular flexibility index (Phi) is 6.92. The molecule has 1 fully saturated rings. The van der Waals surface area contributed by atoms with Crippen molar-refractivity contribution in [2.45, 2.75) is 37.5 Å². The Labute approximate surface area is 153 Å². The zero-order chi connectivity index (χ0) is 17.7. The van der Waals surface area contributed by atoms with Crippen LogP contribution >= 0.6 is 23.2 Å². The van der Waals surface area contributed by atoms with Gasteiger partial charge >= 0.3 is 0 Å². The lowest BCUT2D eigenvalue weighted by atomic mass is 10.2. The predicted molar refractivity (Wildman–Crippen MR) is 95.9 cm³/mol. The molecule has 0 radical (unpaired) electrons. The average molecular weight is 393 g/mol. The second-order valence-electron chi connectivity index (χ2n) is 5.79. The van der Waals surface area contributed by atoms with E-state index in [9.17, 15) is 13.2 Å². The van der Waals surface area contributed by atoms with Crippen LogP contribution < -0.4 is 0 Å². The van der Waals surface area contributed by atoms with E-state index in [0.29, 0.717) is 19.5 Å². The molecule has 0 aliphatic carbocycles. The van der Waals surface area contributed by atoms with Crippen LogP contribution in [-0.4, -0.2) is 49.7 Å². The van der Waals surface area contributed by atoms with Crippen molar-refractivity contribution in [1.82, 2.24) is 9.21 Å². The van der Waals surface area contributed by atoms with E-state index in [-0.39, 0.29) is 33.9 Å². The third-order valence-electron chi connectivity index (χ3n) is 4.12. The minimum atomic E-state index is -3.71. The van der Waals surface area contributed by atoms with Crippen molar-refractivity contribution in [2.75, 3.05) is 26.2 Å². The standard InChI is InChI=1S/C16H22Cl2N2O3S/c1-2-3-4-8-15(21)19-9-11-20(12-10-19)24(22,23)14-7-5-6-13(17)16(14)18/h5-7H,2-4,8-12H2,1H3. The highest BCUT2D eigenvalue weighted by atomic mass is 35.5. The molecule has 0 saturated carbocycles. The van der Waals surface area contributed by atoms with Crippen molar-refractivity contribution in [3.05, 3.63) is 28.2 Å². The van der Waals surface area contributed by atoms with Gasteiger partial charge in [-0.15, -0.1) is 0 Å². The molecule has 24 heavy (non-hydrogen) atoms. The van der Waals surface area contributed by atoms with Crippen molar-refractivity contribution < 1.29 is 13.2 Å². The Hall–Kier alpha value is -0.820. The zero-order valence-corrected chi connectivity index (χ0v) is 16.0. The van der Waals surface area contributed by atoms with Crippen molar-refractivity contribution in [2.24, 2.45) is 0 Å². The number of hydrogen-bond donors (Lipinski definition) is 0. The highest BCUT2D eigenvalue weighted by Crippen LogP contribution is 2.31. The van der Waals surface area contributed by atoms with Crippen molar-refractivity contribution in [1.29, 1.82) is 0 Å². The van der Waals surface area contributed by atoms with E-state index in [1.807, 2.05) is 0 Å². The summed E-state index contributed by atoms with van der Waals surface area (Å²) in [4.78, 5) is 13.9. The fourth-order valence-corrected chi connectivity index (χ4v) is 4.84. The summed E-state index contributed by atoms with van der Waals surface area (Å²) in [6, 6.07) is 4.57. The number of carbonyl (C=O) groups excluding carboxylic acids is 1. The fourth-order valence-electron chi connectivity index (χ4n) is 2.68. The fraction of sp³-hybridized carbons (Fsp3) is 0.562. The molecule has 1 aliphatic heterocycles. The molecule has 5 nitrogen and oxygen atoms in total. The second-order valence-corrected chi connectivity index (χ2v) is 8.49. The smallest absolute Gasteiger partial charge is 0.244 e. The first-order valence-electron chi connectivity index (χ1n) is 8.10. The molecule has 2 rings (SSSR count). The maximum atomic E-state index is 12.7. The van der Waals surface area contributed by atoms with Crippen LogP contribution in [0.5, 0.6) is 0 Å². The first-order chi connectivity index (χ1) is 11.4. The van der Waals surface area contributed by atoms with Crippen LogP contribution in [0.4, 0.5) is 0 Å². The Balaban J connectivity index is 2.01. The van der Waals surface area contributed by atoms with Gasteiger partial charge in [0.1, 0.15) is 4.90 Å². The molecule has 1 amide bonds. The van der Waals surface area contributed by atoms with Crippen molar-refractivity contribution in [3.8, 4) is 0 Å². The lowest BCUT2D eigenvalue weighted by molar-refractivity contribution is -0.132. The molecule has 0 spiro atoms. The van der Waals surface area contributed by atoms with Gasteiger partial charge < -0.3 is 4.90 Å². The highest BCUT2D eigenvalue weighted by Gasteiger charge is 2.31. The van der Waals surface area contributed by atoms with Crippen molar-refractivity contribution >= 4 is 39.1 Å². The summed E-state index contributed by atoms with van der Waals surface area (Å²) in [6.07, 6.45) is 3.51. The van der Waals surface area contributed by atoms with Crippen LogP contribution in [0.15, 0.2) is 23.1 Å². The number of rotatable bonds is 6. The van der Waals surface area contributed by atoms with Gasteiger partial charge in [-0.1, -0.05) is 49.0 Å². The molecule has 8 heteroatoms. The molecular weight excluding hydrogens is 371 g/mol. The summed E-state index contributed by atoms with van der Waals surface area (Å²) in [7, 11) is -3.71. The topological polar surface area (TPSA) is 57.7 Å². The Morgan fingerprint density at radius 1 is 1.12 bits per heavy atom. The number of unbranched alkanes of at least 4 members (excludes halogenated alkanes) is 2. The zero-order valence-electron chi connectivity index (χ0n) is 13.7. The van der Waals surface area contributed by atoms with E-state index in [2.05, 4.69) is 6.92 Å². The summed E-state index contributed by atoms with van der Waals surface area (Å²) < 4.78 is 26.8. The number of benzene rings is 1. The van der Waals surface area contributed by atoms with E-state index >= 15 is 0 Å². The quantitative estimate of drug-likeness (QED) is 0.696. The molecule has 0 atom stereocenters. The third-order valence-corrected chi connectivity index (χ3v) is 6.99. The molecule has 1 saturated heterocycles. The summed E-state index contributed by atoms with van der Waals surface area (Å²) >= 11 is 12.0. The number of nitrogens with zero attached hydrogens (tertiary/aromatic N) is 2. The van der Waals surface area contributed by atoms with Crippen LogP contribution in [-0.2, 0) is 14.8 Å². The van der Waals surface area contributed by atoms with Gasteiger partial charge in [-0.3, -0.25) is 4.79 Å². The summed E-state index contributed by atoms with van der Waals surface area (Å²) in [6.45, 7) is 3.44. The maximum Gasteiger partial charge on any atom is 0.244 e. The minimum Gasteiger partial charge on any atom is -0.340 e. The highest BCUT2D eigenvalue weighted by molar-refractivity contribution is 7.89. The van der Waals surface area contributed by atoms with E-state index in [1.165, 1.54) is 10.4 Å².